The van der Waals surface area contributed by atoms with Crippen molar-refractivity contribution in [2.75, 3.05) is 13.7 Å². The van der Waals surface area contributed by atoms with Crippen LogP contribution in [0.15, 0.2) is 12.1 Å². The highest BCUT2D eigenvalue weighted by molar-refractivity contribution is 6.34. The summed E-state index contributed by atoms with van der Waals surface area (Å²) in [7, 11) is 1.16. The Hall–Kier alpha value is -1.24. The Balaban J connectivity index is 2.14. The molecule has 1 aliphatic rings. The van der Waals surface area contributed by atoms with E-state index in [9.17, 15) is 13.2 Å². The Kier molecular flexibility index (Phi) is 4.82. The maximum absolute atomic E-state index is 14.4. The third-order valence-corrected chi connectivity index (χ3v) is 4.77. The fourth-order valence-corrected chi connectivity index (χ4v) is 3.51. The van der Waals surface area contributed by atoms with Crippen LogP contribution in [0.5, 0.6) is 0 Å². The summed E-state index contributed by atoms with van der Waals surface area (Å²) >= 11 is 12.1. The van der Waals surface area contributed by atoms with Gasteiger partial charge in [0.15, 0.2) is 0 Å². The topological polar surface area (TPSA) is 27.1 Å². The van der Waals surface area contributed by atoms with Crippen molar-refractivity contribution in [1.82, 2.24) is 9.78 Å². The van der Waals surface area contributed by atoms with Crippen LogP contribution >= 0.6 is 23.2 Å². The zero-order chi connectivity index (χ0) is 17.5. The summed E-state index contributed by atoms with van der Waals surface area (Å²) in [4.78, 5) is 0. The van der Waals surface area contributed by atoms with E-state index in [1.807, 2.05) is 0 Å². The van der Waals surface area contributed by atoms with Crippen molar-refractivity contribution in [3.05, 3.63) is 39.3 Å². The first-order valence-electron chi connectivity index (χ1n) is 7.47. The number of fused-ring (bicyclic) bond motifs is 1. The molecule has 24 heavy (non-hydrogen) atoms. The average molecular weight is 379 g/mol. The first-order chi connectivity index (χ1) is 11.3. The molecule has 1 aliphatic heterocycles. The number of methoxy groups -OCH3 is 1. The number of benzene rings is 1. The molecule has 0 fully saturated rings. The number of alkyl halides is 2. The van der Waals surface area contributed by atoms with Crippen LogP contribution in [0.3, 0.4) is 0 Å². The highest BCUT2D eigenvalue weighted by Crippen LogP contribution is 2.40. The molecule has 0 atom stereocenters. The van der Waals surface area contributed by atoms with Gasteiger partial charge in [0.25, 0.3) is 5.92 Å². The zero-order valence-corrected chi connectivity index (χ0v) is 14.4. The minimum absolute atomic E-state index is 0.0860. The van der Waals surface area contributed by atoms with Crippen LogP contribution in [0.4, 0.5) is 13.2 Å². The van der Waals surface area contributed by atoms with E-state index in [1.165, 1.54) is 0 Å². The Bertz CT molecular complexity index is 777. The van der Waals surface area contributed by atoms with Crippen LogP contribution in [-0.2, 0) is 23.6 Å². The maximum atomic E-state index is 14.4. The first kappa shape index (κ1) is 17.6. The Labute approximate surface area is 147 Å². The van der Waals surface area contributed by atoms with Crippen molar-refractivity contribution in [3.63, 3.8) is 0 Å². The smallest absolute Gasteiger partial charge is 0.297 e. The van der Waals surface area contributed by atoms with E-state index in [4.69, 9.17) is 23.2 Å². The number of hydrogen-bond donors (Lipinski definition) is 0. The van der Waals surface area contributed by atoms with Crippen LogP contribution < -0.4 is 0 Å². The lowest BCUT2D eigenvalue weighted by molar-refractivity contribution is -0.0697. The normalized spacial score (nSPS) is 14.8. The molecule has 0 saturated heterocycles. The standard InChI is InChI=1S/C16H15Cl2F3N2O/c1-24-8-16(20,21)10-6-9(12(19)7-11(10)17)15-14(18)13-4-2-3-5-23(13)22-15/h6-7H,2-5,8H2,1H3. The summed E-state index contributed by atoms with van der Waals surface area (Å²) in [6.45, 7) is -0.178. The molecule has 8 heteroatoms. The Morgan fingerprint density at radius 2 is 2.04 bits per heavy atom. The molecule has 0 radical (unpaired) electrons. The molecule has 0 saturated carbocycles. The monoisotopic (exact) mass is 378 g/mol. The van der Waals surface area contributed by atoms with Gasteiger partial charge in [-0.3, -0.25) is 4.68 Å². The van der Waals surface area contributed by atoms with Crippen LogP contribution in [0.1, 0.15) is 24.1 Å². The molecule has 0 bridgehead atoms. The quantitative estimate of drug-likeness (QED) is 0.742. The van der Waals surface area contributed by atoms with Gasteiger partial charge < -0.3 is 4.74 Å². The molecule has 130 valence electrons. The van der Waals surface area contributed by atoms with Crippen LogP contribution in [0.25, 0.3) is 11.3 Å². The van der Waals surface area contributed by atoms with Gasteiger partial charge in [-0.05, 0) is 31.4 Å². The van der Waals surface area contributed by atoms with Gasteiger partial charge in [0.1, 0.15) is 18.1 Å². The van der Waals surface area contributed by atoms with Crippen LogP contribution in [0, 0.1) is 5.82 Å². The second-order valence-corrected chi connectivity index (χ2v) is 6.52. The lowest BCUT2D eigenvalue weighted by Crippen LogP contribution is -2.21. The van der Waals surface area contributed by atoms with Crippen LogP contribution in [-0.4, -0.2) is 23.5 Å². The second-order valence-electron chi connectivity index (χ2n) is 5.74. The molecule has 0 N–H and O–H groups in total. The van der Waals surface area contributed by atoms with Gasteiger partial charge >= 0.3 is 0 Å². The number of ether oxygens (including phenoxy) is 1. The van der Waals surface area contributed by atoms with Crippen molar-refractivity contribution >= 4 is 23.2 Å². The summed E-state index contributed by atoms with van der Waals surface area (Å²) in [6.07, 6.45) is 2.64. The van der Waals surface area contributed by atoms with E-state index in [1.54, 1.807) is 4.68 Å². The van der Waals surface area contributed by atoms with Gasteiger partial charge in [-0.15, -0.1) is 0 Å². The molecular weight excluding hydrogens is 364 g/mol. The summed E-state index contributed by atoms with van der Waals surface area (Å²) in [5.41, 5.74) is 0.371. The minimum atomic E-state index is -3.35. The van der Waals surface area contributed by atoms with Gasteiger partial charge in [0, 0.05) is 24.8 Å². The molecule has 0 unspecified atom stereocenters. The summed E-state index contributed by atoms with van der Waals surface area (Å²) < 4.78 is 49.0. The summed E-state index contributed by atoms with van der Waals surface area (Å²) in [5, 5.41) is 4.25. The number of aromatic nitrogens is 2. The van der Waals surface area contributed by atoms with Gasteiger partial charge in [0.2, 0.25) is 0 Å². The van der Waals surface area contributed by atoms with Crippen molar-refractivity contribution < 1.29 is 17.9 Å². The van der Waals surface area contributed by atoms with Crippen molar-refractivity contribution in [1.29, 1.82) is 0 Å². The van der Waals surface area contributed by atoms with Gasteiger partial charge in [-0.25, -0.2) is 4.39 Å². The Morgan fingerprint density at radius 1 is 1.29 bits per heavy atom. The summed E-state index contributed by atoms with van der Waals surface area (Å²) in [6, 6.07) is 1.88. The number of halogens is 5. The van der Waals surface area contributed by atoms with Crippen molar-refractivity contribution in [2.45, 2.75) is 31.7 Å². The summed E-state index contributed by atoms with van der Waals surface area (Å²) in [5.74, 6) is -4.09. The molecule has 0 spiro atoms. The molecule has 3 nitrogen and oxygen atoms in total. The van der Waals surface area contributed by atoms with Crippen molar-refractivity contribution in [3.8, 4) is 11.3 Å². The lowest BCUT2D eigenvalue weighted by Gasteiger charge is -2.18. The van der Waals surface area contributed by atoms with Crippen LogP contribution in [0.2, 0.25) is 10.0 Å². The van der Waals surface area contributed by atoms with Gasteiger partial charge in [-0.1, -0.05) is 23.2 Å². The molecule has 2 aromatic rings. The number of rotatable bonds is 4. The number of nitrogens with zero attached hydrogens (tertiary/aromatic N) is 2. The molecule has 0 aliphatic carbocycles. The van der Waals surface area contributed by atoms with E-state index in [-0.39, 0.29) is 16.3 Å². The van der Waals surface area contributed by atoms with E-state index in [0.717, 1.165) is 44.2 Å². The molecule has 1 aromatic carbocycles. The average Bonchev–Trinajstić information content (AvgIpc) is 2.84. The minimum Gasteiger partial charge on any atom is -0.378 e. The number of hydrogen-bond acceptors (Lipinski definition) is 2. The van der Waals surface area contributed by atoms with Crippen molar-refractivity contribution in [2.24, 2.45) is 0 Å². The first-order valence-corrected chi connectivity index (χ1v) is 8.22. The fourth-order valence-electron chi connectivity index (χ4n) is 2.89. The van der Waals surface area contributed by atoms with E-state index < -0.39 is 23.9 Å². The van der Waals surface area contributed by atoms with Gasteiger partial charge in [-0.2, -0.15) is 13.9 Å². The zero-order valence-electron chi connectivity index (χ0n) is 12.9. The predicted molar refractivity (Wildman–Crippen MR) is 86.3 cm³/mol. The van der Waals surface area contributed by atoms with Gasteiger partial charge in [0.05, 0.1) is 15.7 Å². The molecule has 3 rings (SSSR count). The number of aryl methyl sites for hydroxylation is 1. The van der Waals surface area contributed by atoms with E-state index in [0.29, 0.717) is 11.6 Å². The van der Waals surface area contributed by atoms with E-state index in [2.05, 4.69) is 9.84 Å². The third kappa shape index (κ3) is 3.03. The predicted octanol–water partition coefficient (Wildman–Crippen LogP) is 5.07. The molecule has 1 aromatic heterocycles. The molecular formula is C16H15Cl2F3N2O. The SMILES string of the molecule is COCC(F)(F)c1cc(-c2nn3c(c2Cl)CCCC3)c(F)cc1Cl. The second kappa shape index (κ2) is 6.58. The third-order valence-electron chi connectivity index (χ3n) is 4.06. The Morgan fingerprint density at radius 3 is 2.71 bits per heavy atom. The highest BCUT2D eigenvalue weighted by atomic mass is 35.5. The molecule has 2 heterocycles. The van der Waals surface area contributed by atoms with E-state index >= 15 is 0 Å². The highest BCUT2D eigenvalue weighted by Gasteiger charge is 2.35. The largest absolute Gasteiger partial charge is 0.378 e. The lowest BCUT2D eigenvalue weighted by atomic mass is 10.0. The maximum Gasteiger partial charge on any atom is 0.297 e. The molecule has 0 amide bonds. The fraction of sp³-hybridized carbons (Fsp3) is 0.438.